The number of hydrogen-bond donors (Lipinski definition) is 1. The number of hydrogen-bond acceptors (Lipinski definition) is 3. The van der Waals surface area contributed by atoms with Crippen molar-refractivity contribution < 1.29 is 0 Å². The van der Waals surface area contributed by atoms with Crippen LogP contribution in [-0.2, 0) is 0 Å². The maximum atomic E-state index is 4.63. The molecule has 136 valence electrons. The summed E-state index contributed by atoms with van der Waals surface area (Å²) >= 11 is 0. The average molecular weight is 356 g/mol. The first-order valence-electron chi connectivity index (χ1n) is 9.36. The van der Waals surface area contributed by atoms with Crippen LogP contribution in [0.2, 0.25) is 0 Å². The van der Waals surface area contributed by atoms with Crippen molar-refractivity contribution in [1.29, 1.82) is 0 Å². The lowest BCUT2D eigenvalue weighted by Gasteiger charge is -2.10. The van der Waals surface area contributed by atoms with Crippen molar-refractivity contribution >= 4 is 16.9 Å². The molecule has 0 saturated carbocycles. The fourth-order valence-corrected chi connectivity index (χ4v) is 3.31. The summed E-state index contributed by atoms with van der Waals surface area (Å²) < 4.78 is 2.16. The van der Waals surface area contributed by atoms with Gasteiger partial charge in [-0.3, -0.25) is 0 Å². The molecule has 0 saturated heterocycles. The quantitative estimate of drug-likeness (QED) is 0.516. The Morgan fingerprint density at radius 1 is 1.00 bits per heavy atom. The van der Waals surface area contributed by atoms with Crippen LogP contribution in [0.15, 0.2) is 67.1 Å². The summed E-state index contributed by atoms with van der Waals surface area (Å²) in [6.07, 6.45) is 3.82. The van der Waals surface area contributed by atoms with E-state index in [4.69, 9.17) is 0 Å². The molecule has 0 fully saturated rings. The number of aryl methyl sites for hydroxylation is 1. The Morgan fingerprint density at radius 2 is 1.81 bits per heavy atom. The third kappa shape index (κ3) is 3.43. The first-order valence-corrected chi connectivity index (χ1v) is 9.36. The molecular weight excluding hydrogens is 332 g/mol. The standard InChI is InChI=1S/C23H24N4/c1-16(2)13-24-22-21-20(18-9-5-4-6-10-18)14-27(23(21)26-15-25-22)19-11-7-8-17(3)12-19/h4-12,14-16H,13H2,1-3H3,(H,24,25,26). The van der Waals surface area contributed by atoms with Gasteiger partial charge in [-0.15, -0.1) is 0 Å². The molecule has 4 heteroatoms. The topological polar surface area (TPSA) is 42.7 Å². The number of nitrogens with one attached hydrogen (secondary N) is 1. The summed E-state index contributed by atoms with van der Waals surface area (Å²) in [5.41, 5.74) is 5.55. The van der Waals surface area contributed by atoms with Gasteiger partial charge in [0.2, 0.25) is 0 Å². The van der Waals surface area contributed by atoms with E-state index >= 15 is 0 Å². The number of benzene rings is 2. The van der Waals surface area contributed by atoms with Gasteiger partial charge < -0.3 is 9.88 Å². The van der Waals surface area contributed by atoms with Gasteiger partial charge in [-0.25, -0.2) is 9.97 Å². The lowest BCUT2D eigenvalue weighted by atomic mass is 10.1. The fraction of sp³-hybridized carbons (Fsp3) is 0.217. The van der Waals surface area contributed by atoms with Crippen molar-refractivity contribution in [3.05, 3.63) is 72.7 Å². The number of rotatable bonds is 5. The molecule has 0 aliphatic rings. The summed E-state index contributed by atoms with van der Waals surface area (Å²) in [6.45, 7) is 7.37. The molecule has 0 radical (unpaired) electrons. The summed E-state index contributed by atoms with van der Waals surface area (Å²) in [4.78, 5) is 9.19. The molecule has 0 aliphatic heterocycles. The van der Waals surface area contributed by atoms with E-state index in [0.29, 0.717) is 5.92 Å². The molecule has 2 aromatic carbocycles. The predicted octanol–water partition coefficient (Wildman–Crippen LogP) is 5.46. The lowest BCUT2D eigenvalue weighted by molar-refractivity contribution is 0.687. The van der Waals surface area contributed by atoms with E-state index in [1.807, 2.05) is 6.07 Å². The Balaban J connectivity index is 1.97. The molecule has 0 atom stereocenters. The van der Waals surface area contributed by atoms with Crippen LogP contribution in [0.25, 0.3) is 27.8 Å². The van der Waals surface area contributed by atoms with Gasteiger partial charge in [-0.1, -0.05) is 56.3 Å². The van der Waals surface area contributed by atoms with Crippen LogP contribution in [0, 0.1) is 12.8 Å². The van der Waals surface area contributed by atoms with Crippen LogP contribution in [0.3, 0.4) is 0 Å². The average Bonchev–Trinajstić information content (AvgIpc) is 3.07. The van der Waals surface area contributed by atoms with Crippen LogP contribution in [0.5, 0.6) is 0 Å². The highest BCUT2D eigenvalue weighted by atomic mass is 15.1. The maximum absolute atomic E-state index is 4.63. The zero-order chi connectivity index (χ0) is 18.8. The van der Waals surface area contributed by atoms with Gasteiger partial charge in [0, 0.05) is 24.0 Å². The Kier molecular flexibility index (Phi) is 4.63. The van der Waals surface area contributed by atoms with Gasteiger partial charge in [0.25, 0.3) is 0 Å². The predicted molar refractivity (Wildman–Crippen MR) is 112 cm³/mol. The van der Waals surface area contributed by atoms with Crippen molar-refractivity contribution in [3.63, 3.8) is 0 Å². The number of nitrogens with zero attached hydrogens (tertiary/aromatic N) is 3. The van der Waals surface area contributed by atoms with E-state index in [0.717, 1.165) is 40.2 Å². The van der Waals surface area contributed by atoms with E-state index in [1.165, 1.54) is 5.56 Å². The van der Waals surface area contributed by atoms with Gasteiger partial charge in [0.1, 0.15) is 12.1 Å². The lowest BCUT2D eigenvalue weighted by Crippen LogP contribution is -2.09. The highest BCUT2D eigenvalue weighted by Gasteiger charge is 2.17. The number of anilines is 1. The van der Waals surface area contributed by atoms with Crippen molar-refractivity contribution in [2.75, 3.05) is 11.9 Å². The molecule has 2 heterocycles. The molecule has 0 unspecified atom stereocenters. The van der Waals surface area contributed by atoms with Gasteiger partial charge in [0.05, 0.1) is 5.39 Å². The summed E-state index contributed by atoms with van der Waals surface area (Å²) in [6, 6.07) is 18.9. The third-order valence-corrected chi connectivity index (χ3v) is 4.63. The van der Waals surface area contributed by atoms with E-state index in [9.17, 15) is 0 Å². The second-order valence-electron chi connectivity index (χ2n) is 7.31. The first-order chi connectivity index (χ1) is 13.1. The second-order valence-corrected chi connectivity index (χ2v) is 7.31. The molecule has 0 amide bonds. The molecule has 27 heavy (non-hydrogen) atoms. The molecule has 0 spiro atoms. The fourth-order valence-electron chi connectivity index (χ4n) is 3.31. The highest BCUT2D eigenvalue weighted by molar-refractivity contribution is 6.02. The Morgan fingerprint density at radius 3 is 2.56 bits per heavy atom. The van der Waals surface area contributed by atoms with Crippen LogP contribution in [0.4, 0.5) is 5.82 Å². The Labute approximate surface area is 159 Å². The minimum atomic E-state index is 0.536. The molecule has 2 aromatic heterocycles. The highest BCUT2D eigenvalue weighted by Crippen LogP contribution is 2.35. The van der Waals surface area contributed by atoms with Gasteiger partial charge in [0.15, 0.2) is 5.65 Å². The maximum Gasteiger partial charge on any atom is 0.150 e. The molecule has 4 rings (SSSR count). The normalized spacial score (nSPS) is 11.3. The van der Waals surface area contributed by atoms with E-state index in [1.54, 1.807) is 6.33 Å². The zero-order valence-corrected chi connectivity index (χ0v) is 16.0. The second kappa shape index (κ2) is 7.23. The smallest absolute Gasteiger partial charge is 0.150 e. The van der Waals surface area contributed by atoms with Crippen LogP contribution >= 0.6 is 0 Å². The molecule has 4 nitrogen and oxygen atoms in total. The monoisotopic (exact) mass is 356 g/mol. The number of aromatic nitrogens is 3. The Bertz CT molecular complexity index is 1060. The van der Waals surface area contributed by atoms with Crippen LogP contribution < -0.4 is 5.32 Å². The number of fused-ring (bicyclic) bond motifs is 1. The van der Waals surface area contributed by atoms with E-state index in [-0.39, 0.29) is 0 Å². The van der Waals surface area contributed by atoms with Crippen molar-refractivity contribution in [2.45, 2.75) is 20.8 Å². The molecular formula is C23H24N4. The van der Waals surface area contributed by atoms with E-state index in [2.05, 4.69) is 95.4 Å². The van der Waals surface area contributed by atoms with Crippen molar-refractivity contribution in [1.82, 2.24) is 14.5 Å². The van der Waals surface area contributed by atoms with Crippen LogP contribution in [-0.4, -0.2) is 21.1 Å². The molecule has 1 N–H and O–H groups in total. The summed E-state index contributed by atoms with van der Waals surface area (Å²) in [5, 5.41) is 4.57. The zero-order valence-electron chi connectivity index (χ0n) is 16.0. The largest absolute Gasteiger partial charge is 0.369 e. The van der Waals surface area contributed by atoms with Gasteiger partial charge >= 0.3 is 0 Å². The molecule has 0 aliphatic carbocycles. The third-order valence-electron chi connectivity index (χ3n) is 4.63. The molecule has 4 aromatic rings. The summed E-state index contributed by atoms with van der Waals surface area (Å²) in [5.74, 6) is 1.42. The minimum absolute atomic E-state index is 0.536. The van der Waals surface area contributed by atoms with Crippen molar-refractivity contribution in [2.24, 2.45) is 5.92 Å². The molecule has 0 bridgehead atoms. The van der Waals surface area contributed by atoms with Gasteiger partial charge in [-0.2, -0.15) is 0 Å². The van der Waals surface area contributed by atoms with Crippen LogP contribution in [0.1, 0.15) is 19.4 Å². The van der Waals surface area contributed by atoms with Gasteiger partial charge in [-0.05, 0) is 36.1 Å². The first kappa shape index (κ1) is 17.3. The summed E-state index contributed by atoms with van der Waals surface area (Å²) in [7, 11) is 0. The Hall–Kier alpha value is -3.14. The SMILES string of the molecule is Cc1cccc(-n2cc(-c3ccccc3)c3c(NCC(C)C)ncnc32)c1. The minimum Gasteiger partial charge on any atom is -0.369 e. The van der Waals surface area contributed by atoms with E-state index < -0.39 is 0 Å². The van der Waals surface area contributed by atoms with Crippen molar-refractivity contribution in [3.8, 4) is 16.8 Å².